The lowest BCUT2D eigenvalue weighted by atomic mass is 10.2. The maximum atomic E-state index is 6.11. The van der Waals surface area contributed by atoms with E-state index in [1.807, 2.05) is 49.4 Å². The first-order valence-electron chi connectivity index (χ1n) is 6.02. The van der Waals surface area contributed by atoms with E-state index in [1.54, 1.807) is 6.07 Å². The molecular weight excluding hydrogens is 276 g/mol. The molecule has 0 aliphatic carbocycles. The summed E-state index contributed by atoms with van der Waals surface area (Å²) in [6.45, 7) is 1.96. The van der Waals surface area contributed by atoms with Gasteiger partial charge >= 0.3 is 6.01 Å². The fraction of sp³-hybridized carbons (Fsp3) is 0.0714. The van der Waals surface area contributed by atoms with Gasteiger partial charge in [-0.1, -0.05) is 41.0 Å². The number of para-hydroxylation sites is 1. The molecule has 6 heteroatoms. The number of ether oxygens (including phenoxy) is 1. The summed E-state index contributed by atoms with van der Waals surface area (Å²) in [5, 5.41) is 12.0. The Bertz CT molecular complexity index is 727. The summed E-state index contributed by atoms with van der Waals surface area (Å²) in [6.07, 6.45) is 0. The van der Waals surface area contributed by atoms with Crippen LogP contribution < -0.4 is 4.74 Å². The number of hydrogen-bond acceptors (Lipinski definition) is 4. The Kier molecular flexibility index (Phi) is 3.35. The Morgan fingerprint density at radius 3 is 2.70 bits per heavy atom. The number of hydrogen-bond donors (Lipinski definition) is 0. The van der Waals surface area contributed by atoms with Crippen LogP contribution in [0.3, 0.4) is 0 Å². The first-order chi connectivity index (χ1) is 9.74. The van der Waals surface area contributed by atoms with Crippen LogP contribution in [0.5, 0.6) is 11.8 Å². The van der Waals surface area contributed by atoms with Crippen molar-refractivity contribution in [2.24, 2.45) is 0 Å². The van der Waals surface area contributed by atoms with Crippen LogP contribution in [0.2, 0.25) is 5.02 Å². The summed E-state index contributed by atoms with van der Waals surface area (Å²) < 4.78 is 7.22. The summed E-state index contributed by atoms with van der Waals surface area (Å²) in [5.74, 6) is 0.527. The van der Waals surface area contributed by atoms with Gasteiger partial charge in [-0.15, -0.1) is 0 Å². The van der Waals surface area contributed by atoms with Crippen molar-refractivity contribution < 1.29 is 4.74 Å². The molecule has 1 heterocycles. The van der Waals surface area contributed by atoms with E-state index in [2.05, 4.69) is 15.5 Å². The Balaban J connectivity index is 1.97. The number of halogens is 1. The smallest absolute Gasteiger partial charge is 0.345 e. The van der Waals surface area contributed by atoms with Gasteiger partial charge in [0.2, 0.25) is 0 Å². The molecule has 0 aliphatic rings. The van der Waals surface area contributed by atoms with Gasteiger partial charge in [0.05, 0.1) is 10.7 Å². The number of aromatic nitrogens is 4. The highest BCUT2D eigenvalue weighted by Crippen LogP contribution is 2.29. The lowest BCUT2D eigenvalue weighted by molar-refractivity contribution is 0.427. The van der Waals surface area contributed by atoms with E-state index in [9.17, 15) is 0 Å². The average molecular weight is 287 g/mol. The number of benzene rings is 2. The molecule has 20 heavy (non-hydrogen) atoms. The minimum atomic E-state index is 0.267. The molecule has 1 aromatic heterocycles. The Morgan fingerprint density at radius 1 is 1.10 bits per heavy atom. The van der Waals surface area contributed by atoms with Crippen molar-refractivity contribution in [3.05, 3.63) is 59.1 Å². The third-order valence-corrected chi connectivity index (χ3v) is 3.04. The van der Waals surface area contributed by atoms with Crippen LogP contribution in [0.15, 0.2) is 48.5 Å². The highest BCUT2D eigenvalue weighted by atomic mass is 35.5. The fourth-order valence-corrected chi connectivity index (χ4v) is 1.92. The molecule has 0 radical (unpaired) electrons. The van der Waals surface area contributed by atoms with E-state index in [0.29, 0.717) is 10.8 Å². The molecule has 0 amide bonds. The molecule has 0 bridgehead atoms. The summed E-state index contributed by atoms with van der Waals surface area (Å²) in [5.41, 5.74) is 1.86. The Morgan fingerprint density at radius 2 is 1.90 bits per heavy atom. The average Bonchev–Trinajstić information content (AvgIpc) is 2.92. The van der Waals surface area contributed by atoms with E-state index in [0.717, 1.165) is 11.3 Å². The van der Waals surface area contributed by atoms with E-state index in [4.69, 9.17) is 16.3 Å². The van der Waals surface area contributed by atoms with Gasteiger partial charge in [-0.25, -0.2) is 0 Å². The third kappa shape index (κ3) is 2.48. The fourth-order valence-electron chi connectivity index (χ4n) is 1.76. The lowest BCUT2D eigenvalue weighted by Crippen LogP contribution is -2.00. The summed E-state index contributed by atoms with van der Waals surface area (Å²) >= 11 is 6.11. The summed E-state index contributed by atoms with van der Waals surface area (Å²) in [6, 6.07) is 15.3. The maximum Gasteiger partial charge on any atom is 0.345 e. The molecule has 100 valence electrons. The first kappa shape index (κ1) is 12.6. The highest BCUT2D eigenvalue weighted by molar-refractivity contribution is 6.32. The molecule has 3 aromatic rings. The predicted molar refractivity (Wildman–Crippen MR) is 75.4 cm³/mol. The molecule has 3 rings (SSSR count). The van der Waals surface area contributed by atoms with Crippen molar-refractivity contribution in [2.45, 2.75) is 6.92 Å². The number of nitrogens with zero attached hydrogens (tertiary/aromatic N) is 4. The van der Waals surface area contributed by atoms with Crippen LogP contribution in [0.25, 0.3) is 5.69 Å². The van der Waals surface area contributed by atoms with Crippen LogP contribution >= 0.6 is 11.6 Å². The molecule has 0 aliphatic heterocycles. The quantitative estimate of drug-likeness (QED) is 0.740. The number of rotatable bonds is 3. The second-order valence-corrected chi connectivity index (χ2v) is 4.65. The van der Waals surface area contributed by atoms with Gasteiger partial charge in [0.15, 0.2) is 0 Å². The zero-order valence-electron chi connectivity index (χ0n) is 10.7. The zero-order chi connectivity index (χ0) is 13.9. The molecule has 5 nitrogen and oxygen atoms in total. The van der Waals surface area contributed by atoms with Crippen molar-refractivity contribution in [3.63, 3.8) is 0 Å². The molecule has 0 atom stereocenters. The molecule has 0 fully saturated rings. The Hall–Kier alpha value is -2.40. The molecule has 0 saturated heterocycles. The normalized spacial score (nSPS) is 10.5. The summed E-state index contributed by atoms with van der Waals surface area (Å²) in [7, 11) is 0. The predicted octanol–water partition coefficient (Wildman–Crippen LogP) is 3.42. The highest BCUT2D eigenvalue weighted by Gasteiger charge is 2.12. The van der Waals surface area contributed by atoms with Crippen molar-refractivity contribution in [2.75, 3.05) is 0 Å². The van der Waals surface area contributed by atoms with Gasteiger partial charge in [0, 0.05) is 0 Å². The SMILES string of the molecule is Cc1ccc(Cl)c(Oc2nnnn2-c2ccccc2)c1. The lowest BCUT2D eigenvalue weighted by Gasteiger charge is -2.08. The van der Waals surface area contributed by atoms with Crippen LogP contribution in [0.1, 0.15) is 5.56 Å². The molecule has 2 aromatic carbocycles. The second kappa shape index (κ2) is 5.30. The molecule has 0 N–H and O–H groups in total. The number of tetrazole rings is 1. The number of aryl methyl sites for hydroxylation is 1. The van der Waals surface area contributed by atoms with Crippen LogP contribution in [0, 0.1) is 6.92 Å². The Labute approximate surface area is 120 Å². The van der Waals surface area contributed by atoms with E-state index < -0.39 is 0 Å². The minimum absolute atomic E-state index is 0.267. The third-order valence-electron chi connectivity index (χ3n) is 2.73. The van der Waals surface area contributed by atoms with Gasteiger partial charge in [0.1, 0.15) is 5.75 Å². The van der Waals surface area contributed by atoms with Crippen LogP contribution in [0.4, 0.5) is 0 Å². The standard InChI is InChI=1S/C14H11ClN4O/c1-10-7-8-12(15)13(9-10)20-14-16-17-18-19(14)11-5-3-2-4-6-11/h2-9H,1H3. The van der Waals surface area contributed by atoms with Crippen LogP contribution in [-0.2, 0) is 0 Å². The molecule has 0 spiro atoms. The zero-order valence-corrected chi connectivity index (χ0v) is 11.4. The topological polar surface area (TPSA) is 52.8 Å². The van der Waals surface area contributed by atoms with Gasteiger partial charge in [0.25, 0.3) is 0 Å². The van der Waals surface area contributed by atoms with E-state index in [1.165, 1.54) is 4.68 Å². The maximum absolute atomic E-state index is 6.11. The van der Waals surface area contributed by atoms with Crippen LogP contribution in [-0.4, -0.2) is 20.2 Å². The van der Waals surface area contributed by atoms with Gasteiger partial charge < -0.3 is 4.74 Å². The first-order valence-corrected chi connectivity index (χ1v) is 6.39. The van der Waals surface area contributed by atoms with Crippen molar-refractivity contribution in [1.82, 2.24) is 20.2 Å². The van der Waals surface area contributed by atoms with Crippen molar-refractivity contribution in [3.8, 4) is 17.4 Å². The van der Waals surface area contributed by atoms with Gasteiger partial charge in [-0.3, -0.25) is 0 Å². The minimum Gasteiger partial charge on any atom is -0.421 e. The van der Waals surface area contributed by atoms with Crippen molar-refractivity contribution >= 4 is 11.6 Å². The molecule has 0 unspecified atom stereocenters. The largest absolute Gasteiger partial charge is 0.421 e. The van der Waals surface area contributed by atoms with Gasteiger partial charge in [-0.05, 0) is 47.2 Å². The summed E-state index contributed by atoms with van der Waals surface area (Å²) in [4.78, 5) is 0. The molecule has 0 saturated carbocycles. The van der Waals surface area contributed by atoms with E-state index in [-0.39, 0.29) is 6.01 Å². The monoisotopic (exact) mass is 286 g/mol. The second-order valence-electron chi connectivity index (χ2n) is 4.24. The van der Waals surface area contributed by atoms with Crippen molar-refractivity contribution in [1.29, 1.82) is 0 Å². The van der Waals surface area contributed by atoms with E-state index >= 15 is 0 Å². The molecular formula is C14H11ClN4O. The van der Waals surface area contributed by atoms with Gasteiger partial charge in [-0.2, -0.15) is 4.68 Å².